The van der Waals surface area contributed by atoms with Crippen molar-refractivity contribution >= 4 is 11.6 Å². The SMILES string of the molecule is COc1cc(NC2CCN(C(=O)CC(C)N)CC2)cc(OC)c1. The lowest BCUT2D eigenvalue weighted by atomic mass is 10.0. The third-order valence-electron chi connectivity index (χ3n) is 4.07. The van der Waals surface area contributed by atoms with Gasteiger partial charge in [-0.25, -0.2) is 0 Å². The largest absolute Gasteiger partial charge is 0.497 e. The first kappa shape index (κ1) is 17.4. The Bertz CT molecular complexity index is 504. The van der Waals surface area contributed by atoms with Gasteiger partial charge in [0.2, 0.25) is 5.91 Å². The van der Waals surface area contributed by atoms with Crippen LogP contribution in [0.25, 0.3) is 0 Å². The summed E-state index contributed by atoms with van der Waals surface area (Å²) < 4.78 is 10.6. The lowest BCUT2D eigenvalue weighted by molar-refractivity contribution is -0.132. The van der Waals surface area contributed by atoms with Crippen molar-refractivity contribution in [2.75, 3.05) is 32.6 Å². The quantitative estimate of drug-likeness (QED) is 0.836. The minimum Gasteiger partial charge on any atom is -0.497 e. The molecule has 6 heteroatoms. The fourth-order valence-corrected chi connectivity index (χ4v) is 2.80. The molecule has 1 fully saturated rings. The molecule has 1 amide bonds. The third-order valence-corrected chi connectivity index (χ3v) is 4.07. The molecule has 0 radical (unpaired) electrons. The van der Waals surface area contributed by atoms with Crippen molar-refractivity contribution in [1.82, 2.24) is 4.90 Å². The van der Waals surface area contributed by atoms with Crippen LogP contribution in [-0.4, -0.2) is 50.2 Å². The lowest BCUT2D eigenvalue weighted by Gasteiger charge is -2.33. The summed E-state index contributed by atoms with van der Waals surface area (Å²) in [6.07, 6.45) is 2.26. The standard InChI is InChI=1S/C17H27N3O3/c1-12(18)8-17(21)20-6-4-13(5-7-20)19-14-9-15(22-2)11-16(10-14)23-3/h9-13,19H,4-8,18H2,1-3H3. The number of rotatable bonds is 6. The van der Waals surface area contributed by atoms with Gasteiger partial charge in [-0.2, -0.15) is 0 Å². The number of anilines is 1. The molecule has 0 aliphatic carbocycles. The molecule has 1 heterocycles. The van der Waals surface area contributed by atoms with Crippen molar-refractivity contribution in [3.63, 3.8) is 0 Å². The first-order valence-electron chi connectivity index (χ1n) is 8.04. The van der Waals surface area contributed by atoms with Crippen molar-refractivity contribution in [3.05, 3.63) is 18.2 Å². The second-order valence-electron chi connectivity index (χ2n) is 6.08. The molecule has 128 valence electrons. The van der Waals surface area contributed by atoms with E-state index < -0.39 is 0 Å². The van der Waals surface area contributed by atoms with Crippen molar-refractivity contribution < 1.29 is 14.3 Å². The van der Waals surface area contributed by atoms with Gasteiger partial charge in [-0.1, -0.05) is 0 Å². The number of nitrogens with two attached hydrogens (primary N) is 1. The number of hydrogen-bond acceptors (Lipinski definition) is 5. The molecule has 1 unspecified atom stereocenters. The average molecular weight is 321 g/mol. The molecule has 1 aliphatic rings. The average Bonchev–Trinajstić information content (AvgIpc) is 2.54. The maximum atomic E-state index is 12.0. The Morgan fingerprint density at radius 1 is 1.26 bits per heavy atom. The van der Waals surface area contributed by atoms with Gasteiger partial charge in [0, 0.05) is 55.5 Å². The minimum absolute atomic E-state index is 0.0809. The summed E-state index contributed by atoms with van der Waals surface area (Å²) in [5.41, 5.74) is 6.67. The summed E-state index contributed by atoms with van der Waals surface area (Å²) >= 11 is 0. The van der Waals surface area contributed by atoms with E-state index in [0.717, 1.165) is 43.1 Å². The van der Waals surface area contributed by atoms with E-state index in [9.17, 15) is 4.79 Å². The smallest absolute Gasteiger partial charge is 0.224 e. The maximum absolute atomic E-state index is 12.0. The summed E-state index contributed by atoms with van der Waals surface area (Å²) in [7, 11) is 3.28. The predicted molar refractivity (Wildman–Crippen MR) is 91.0 cm³/mol. The van der Waals surface area contributed by atoms with E-state index in [1.807, 2.05) is 30.0 Å². The highest BCUT2D eigenvalue weighted by Crippen LogP contribution is 2.27. The lowest BCUT2D eigenvalue weighted by Crippen LogP contribution is -2.43. The number of likely N-dealkylation sites (tertiary alicyclic amines) is 1. The van der Waals surface area contributed by atoms with E-state index in [-0.39, 0.29) is 11.9 Å². The van der Waals surface area contributed by atoms with Gasteiger partial charge < -0.3 is 25.4 Å². The number of benzene rings is 1. The van der Waals surface area contributed by atoms with Gasteiger partial charge in [0.05, 0.1) is 14.2 Å². The molecular formula is C17H27N3O3. The number of nitrogens with one attached hydrogen (secondary N) is 1. The van der Waals surface area contributed by atoms with Gasteiger partial charge in [-0.3, -0.25) is 4.79 Å². The second-order valence-corrected chi connectivity index (χ2v) is 6.08. The highest BCUT2D eigenvalue weighted by atomic mass is 16.5. The first-order valence-corrected chi connectivity index (χ1v) is 8.04. The molecule has 1 saturated heterocycles. The fourth-order valence-electron chi connectivity index (χ4n) is 2.80. The Hall–Kier alpha value is -1.95. The Labute approximate surface area is 137 Å². The number of nitrogens with zero attached hydrogens (tertiary/aromatic N) is 1. The fraction of sp³-hybridized carbons (Fsp3) is 0.588. The summed E-state index contributed by atoms with van der Waals surface area (Å²) in [4.78, 5) is 13.9. The Morgan fingerprint density at radius 2 is 1.83 bits per heavy atom. The van der Waals surface area contributed by atoms with Gasteiger partial charge in [-0.15, -0.1) is 0 Å². The van der Waals surface area contributed by atoms with E-state index >= 15 is 0 Å². The van der Waals surface area contributed by atoms with Crippen LogP contribution >= 0.6 is 0 Å². The molecule has 0 spiro atoms. The molecule has 0 bridgehead atoms. The molecule has 6 nitrogen and oxygen atoms in total. The van der Waals surface area contributed by atoms with Crippen LogP contribution in [-0.2, 0) is 4.79 Å². The molecule has 1 aliphatic heterocycles. The zero-order chi connectivity index (χ0) is 16.8. The number of piperidine rings is 1. The van der Waals surface area contributed by atoms with Crippen LogP contribution in [0.15, 0.2) is 18.2 Å². The summed E-state index contributed by atoms with van der Waals surface area (Å²) in [6.45, 7) is 3.40. The van der Waals surface area contributed by atoms with E-state index in [1.165, 1.54) is 0 Å². The van der Waals surface area contributed by atoms with E-state index in [2.05, 4.69) is 5.32 Å². The summed E-state index contributed by atoms with van der Waals surface area (Å²) in [6, 6.07) is 6.01. The highest BCUT2D eigenvalue weighted by molar-refractivity contribution is 5.76. The van der Waals surface area contributed by atoms with Crippen LogP contribution in [0.4, 0.5) is 5.69 Å². The second kappa shape index (κ2) is 8.06. The highest BCUT2D eigenvalue weighted by Gasteiger charge is 2.23. The Balaban J connectivity index is 1.90. The zero-order valence-corrected chi connectivity index (χ0v) is 14.2. The van der Waals surface area contributed by atoms with E-state index in [1.54, 1.807) is 14.2 Å². The monoisotopic (exact) mass is 321 g/mol. The number of amides is 1. The number of ether oxygens (including phenoxy) is 2. The molecule has 1 aromatic rings. The van der Waals surface area contributed by atoms with Gasteiger partial charge in [-0.05, 0) is 19.8 Å². The van der Waals surface area contributed by atoms with Crippen LogP contribution in [0.5, 0.6) is 11.5 Å². The van der Waals surface area contributed by atoms with Crippen LogP contribution in [0.2, 0.25) is 0 Å². The van der Waals surface area contributed by atoms with Crippen LogP contribution in [0.3, 0.4) is 0 Å². The van der Waals surface area contributed by atoms with Gasteiger partial charge in [0.25, 0.3) is 0 Å². The number of hydrogen-bond donors (Lipinski definition) is 2. The van der Waals surface area contributed by atoms with Gasteiger partial charge in [0.1, 0.15) is 11.5 Å². The van der Waals surface area contributed by atoms with E-state index in [0.29, 0.717) is 12.5 Å². The van der Waals surface area contributed by atoms with Crippen molar-refractivity contribution in [2.24, 2.45) is 5.73 Å². The molecule has 3 N–H and O–H groups in total. The van der Waals surface area contributed by atoms with Crippen molar-refractivity contribution in [3.8, 4) is 11.5 Å². The molecule has 0 saturated carbocycles. The number of carbonyl (C=O) groups excluding carboxylic acids is 1. The third kappa shape index (κ3) is 5.03. The van der Waals surface area contributed by atoms with Gasteiger partial charge in [0.15, 0.2) is 0 Å². The van der Waals surface area contributed by atoms with Crippen LogP contribution in [0, 0.1) is 0 Å². The zero-order valence-electron chi connectivity index (χ0n) is 14.2. The topological polar surface area (TPSA) is 76.8 Å². The van der Waals surface area contributed by atoms with Crippen molar-refractivity contribution in [2.45, 2.75) is 38.3 Å². The molecule has 2 rings (SSSR count). The maximum Gasteiger partial charge on any atom is 0.224 e. The summed E-state index contributed by atoms with van der Waals surface area (Å²) in [5.74, 6) is 1.68. The molecule has 1 atom stereocenters. The predicted octanol–water partition coefficient (Wildman–Crippen LogP) is 1.84. The van der Waals surface area contributed by atoms with Gasteiger partial charge >= 0.3 is 0 Å². The number of methoxy groups -OCH3 is 2. The van der Waals surface area contributed by atoms with Crippen LogP contribution < -0.4 is 20.5 Å². The number of carbonyl (C=O) groups is 1. The first-order chi connectivity index (χ1) is 11.0. The summed E-state index contributed by atoms with van der Waals surface area (Å²) in [5, 5.41) is 3.51. The molecular weight excluding hydrogens is 294 g/mol. The minimum atomic E-state index is -0.0809. The van der Waals surface area contributed by atoms with Crippen LogP contribution in [0.1, 0.15) is 26.2 Å². The van der Waals surface area contributed by atoms with Crippen molar-refractivity contribution in [1.29, 1.82) is 0 Å². The Kier molecular flexibility index (Phi) is 6.10. The normalized spacial score (nSPS) is 16.8. The molecule has 0 aromatic heterocycles. The Morgan fingerprint density at radius 3 is 2.30 bits per heavy atom. The molecule has 23 heavy (non-hydrogen) atoms. The van der Waals surface area contributed by atoms with E-state index in [4.69, 9.17) is 15.2 Å². The molecule has 1 aromatic carbocycles.